The van der Waals surface area contributed by atoms with Crippen molar-refractivity contribution < 1.29 is 5.11 Å². The van der Waals surface area contributed by atoms with Crippen molar-refractivity contribution in [2.75, 3.05) is 0 Å². The van der Waals surface area contributed by atoms with Crippen LogP contribution in [0.1, 0.15) is 51.9 Å². The number of unbranched alkanes of at least 4 members (excludes halogenated alkanes) is 5. The molecule has 1 N–H and O–H groups in total. The van der Waals surface area contributed by atoms with Crippen molar-refractivity contribution in [2.45, 2.75) is 58.0 Å². The molecular formula is C17H26O. The molecule has 0 rings (SSSR count). The normalized spacial score (nSPS) is 12.6. The lowest BCUT2D eigenvalue weighted by atomic mass is 10.1. The van der Waals surface area contributed by atoms with Gasteiger partial charge >= 0.3 is 0 Å². The molecule has 0 aromatic carbocycles. The van der Waals surface area contributed by atoms with Crippen molar-refractivity contribution >= 4 is 0 Å². The second-order valence-corrected chi connectivity index (χ2v) is 4.28. The van der Waals surface area contributed by atoms with Crippen molar-refractivity contribution in [1.29, 1.82) is 0 Å². The molecule has 0 spiro atoms. The van der Waals surface area contributed by atoms with Gasteiger partial charge in [0.1, 0.15) is 0 Å². The Hall–Kier alpha value is -1.26. The highest BCUT2D eigenvalue weighted by Crippen LogP contribution is 2.05. The van der Waals surface area contributed by atoms with Crippen LogP contribution in [0.2, 0.25) is 0 Å². The van der Waals surface area contributed by atoms with Crippen LogP contribution in [0.5, 0.6) is 0 Å². The summed E-state index contributed by atoms with van der Waals surface area (Å²) in [5.41, 5.74) is 0. The SMILES string of the molecule is C=CC(O)/C=C/C#CC/C=C/CCCCCCC. The second-order valence-electron chi connectivity index (χ2n) is 4.28. The van der Waals surface area contributed by atoms with Crippen molar-refractivity contribution in [3.8, 4) is 11.8 Å². The minimum atomic E-state index is -0.585. The summed E-state index contributed by atoms with van der Waals surface area (Å²) in [7, 11) is 0. The van der Waals surface area contributed by atoms with Gasteiger partial charge in [0.05, 0.1) is 6.10 Å². The standard InChI is InChI=1S/C17H26O/c1-3-5-6-7-8-9-10-11-12-13-14-15-16-17(18)4-2/h4,10-11,15-18H,2-3,5-9,12H2,1H3/b11-10+,16-15+. The van der Waals surface area contributed by atoms with Crippen LogP contribution in [-0.4, -0.2) is 11.2 Å². The summed E-state index contributed by atoms with van der Waals surface area (Å²) in [6.07, 6.45) is 17.1. The van der Waals surface area contributed by atoms with E-state index in [2.05, 4.69) is 37.5 Å². The Morgan fingerprint density at radius 1 is 1.17 bits per heavy atom. The van der Waals surface area contributed by atoms with E-state index in [4.69, 9.17) is 5.11 Å². The molecule has 0 aliphatic rings. The predicted octanol–water partition coefficient (Wildman–Crippen LogP) is 4.40. The highest BCUT2D eigenvalue weighted by molar-refractivity contribution is 5.19. The number of aliphatic hydroxyl groups is 1. The van der Waals surface area contributed by atoms with Gasteiger partial charge in [-0.05, 0) is 25.0 Å². The summed E-state index contributed by atoms with van der Waals surface area (Å²) in [6, 6.07) is 0. The van der Waals surface area contributed by atoms with E-state index in [1.54, 1.807) is 12.2 Å². The fraction of sp³-hybridized carbons (Fsp3) is 0.529. The fourth-order valence-electron chi connectivity index (χ4n) is 1.47. The maximum absolute atomic E-state index is 9.13. The fourth-order valence-corrected chi connectivity index (χ4v) is 1.47. The zero-order chi connectivity index (χ0) is 13.5. The monoisotopic (exact) mass is 246 g/mol. The van der Waals surface area contributed by atoms with Gasteiger partial charge in [0.2, 0.25) is 0 Å². The molecule has 1 heteroatoms. The molecule has 0 aromatic rings. The zero-order valence-electron chi connectivity index (χ0n) is 11.6. The van der Waals surface area contributed by atoms with Gasteiger partial charge in [-0.3, -0.25) is 0 Å². The number of hydrogen-bond donors (Lipinski definition) is 1. The first-order valence-electron chi connectivity index (χ1n) is 6.92. The van der Waals surface area contributed by atoms with E-state index in [1.165, 1.54) is 38.2 Å². The van der Waals surface area contributed by atoms with Gasteiger partial charge in [-0.2, -0.15) is 0 Å². The Labute approximate surface area is 112 Å². The average Bonchev–Trinajstić information content (AvgIpc) is 2.39. The molecule has 0 saturated heterocycles. The van der Waals surface area contributed by atoms with Crippen molar-refractivity contribution in [3.05, 3.63) is 37.0 Å². The molecule has 0 radical (unpaired) electrons. The van der Waals surface area contributed by atoms with Crippen LogP contribution in [0.4, 0.5) is 0 Å². The van der Waals surface area contributed by atoms with Crippen LogP contribution in [0.3, 0.4) is 0 Å². The molecule has 0 heterocycles. The largest absolute Gasteiger partial charge is 0.385 e. The Kier molecular flexibility index (Phi) is 12.8. The Morgan fingerprint density at radius 3 is 2.67 bits per heavy atom. The topological polar surface area (TPSA) is 20.2 Å². The van der Waals surface area contributed by atoms with E-state index in [9.17, 15) is 0 Å². The third-order valence-electron chi connectivity index (χ3n) is 2.58. The van der Waals surface area contributed by atoms with Crippen molar-refractivity contribution in [1.82, 2.24) is 0 Å². The van der Waals surface area contributed by atoms with Gasteiger partial charge in [0.15, 0.2) is 0 Å². The third-order valence-corrected chi connectivity index (χ3v) is 2.58. The Morgan fingerprint density at radius 2 is 1.94 bits per heavy atom. The van der Waals surface area contributed by atoms with Gasteiger partial charge in [-0.1, -0.05) is 62.7 Å². The van der Waals surface area contributed by atoms with Crippen molar-refractivity contribution in [3.63, 3.8) is 0 Å². The lowest BCUT2D eigenvalue weighted by Crippen LogP contribution is -1.93. The number of rotatable bonds is 9. The minimum Gasteiger partial charge on any atom is -0.385 e. The quantitative estimate of drug-likeness (QED) is 0.363. The molecule has 0 fully saturated rings. The Bertz CT molecular complexity index is 301. The number of aliphatic hydroxyl groups excluding tert-OH is 1. The molecule has 0 bridgehead atoms. The average molecular weight is 246 g/mol. The maximum atomic E-state index is 9.13. The third kappa shape index (κ3) is 12.8. The molecule has 0 aliphatic carbocycles. The van der Waals surface area contributed by atoms with Gasteiger partial charge in [-0.25, -0.2) is 0 Å². The van der Waals surface area contributed by atoms with Crippen LogP contribution in [0.25, 0.3) is 0 Å². The summed E-state index contributed by atoms with van der Waals surface area (Å²) in [4.78, 5) is 0. The Balaban J connectivity index is 3.45. The molecular weight excluding hydrogens is 220 g/mol. The van der Waals surface area contributed by atoms with Crippen LogP contribution in [-0.2, 0) is 0 Å². The number of hydrogen-bond acceptors (Lipinski definition) is 1. The smallest absolute Gasteiger partial charge is 0.0909 e. The molecule has 18 heavy (non-hydrogen) atoms. The molecule has 1 atom stereocenters. The first-order chi connectivity index (χ1) is 8.81. The van der Waals surface area contributed by atoms with Crippen LogP contribution < -0.4 is 0 Å². The second kappa shape index (κ2) is 13.8. The lowest BCUT2D eigenvalue weighted by molar-refractivity contribution is 0.272. The van der Waals surface area contributed by atoms with Crippen LogP contribution in [0, 0.1) is 11.8 Å². The highest BCUT2D eigenvalue weighted by atomic mass is 16.3. The zero-order valence-corrected chi connectivity index (χ0v) is 11.6. The molecule has 0 aromatic heterocycles. The summed E-state index contributed by atoms with van der Waals surface area (Å²) in [5.74, 6) is 5.89. The van der Waals surface area contributed by atoms with Gasteiger partial charge < -0.3 is 5.11 Å². The lowest BCUT2D eigenvalue weighted by Gasteiger charge is -1.95. The van der Waals surface area contributed by atoms with Crippen molar-refractivity contribution in [2.24, 2.45) is 0 Å². The summed E-state index contributed by atoms with van der Waals surface area (Å²) in [5, 5.41) is 9.13. The first kappa shape index (κ1) is 16.7. The van der Waals surface area contributed by atoms with E-state index in [1.807, 2.05) is 0 Å². The molecule has 100 valence electrons. The molecule has 1 unspecified atom stereocenters. The van der Waals surface area contributed by atoms with Gasteiger partial charge in [0.25, 0.3) is 0 Å². The van der Waals surface area contributed by atoms with E-state index in [-0.39, 0.29) is 0 Å². The summed E-state index contributed by atoms with van der Waals surface area (Å²) in [6.45, 7) is 5.71. The van der Waals surface area contributed by atoms with Gasteiger partial charge in [0, 0.05) is 6.42 Å². The molecule has 0 saturated carbocycles. The minimum absolute atomic E-state index is 0.585. The van der Waals surface area contributed by atoms with Gasteiger partial charge in [-0.15, -0.1) is 6.58 Å². The summed E-state index contributed by atoms with van der Waals surface area (Å²) < 4.78 is 0. The highest BCUT2D eigenvalue weighted by Gasteiger charge is 1.86. The van der Waals surface area contributed by atoms with E-state index in [0.717, 1.165) is 12.8 Å². The maximum Gasteiger partial charge on any atom is 0.0909 e. The number of allylic oxidation sites excluding steroid dienone is 3. The van der Waals surface area contributed by atoms with Crippen LogP contribution >= 0.6 is 0 Å². The van der Waals surface area contributed by atoms with E-state index in [0.29, 0.717) is 0 Å². The van der Waals surface area contributed by atoms with E-state index >= 15 is 0 Å². The first-order valence-corrected chi connectivity index (χ1v) is 6.92. The summed E-state index contributed by atoms with van der Waals surface area (Å²) >= 11 is 0. The predicted molar refractivity (Wildman–Crippen MR) is 80.3 cm³/mol. The molecule has 1 nitrogen and oxygen atoms in total. The molecule has 0 aliphatic heterocycles. The molecule has 0 amide bonds. The van der Waals surface area contributed by atoms with Crippen LogP contribution in [0.15, 0.2) is 37.0 Å². The van der Waals surface area contributed by atoms with E-state index < -0.39 is 6.10 Å².